The maximum Gasteiger partial charge on any atom is 0.417 e. The van der Waals surface area contributed by atoms with Crippen molar-refractivity contribution in [1.82, 2.24) is 9.97 Å². The number of hydrogen-bond acceptors (Lipinski definition) is 5. The van der Waals surface area contributed by atoms with Crippen molar-refractivity contribution in [3.63, 3.8) is 0 Å². The molecule has 0 saturated carbocycles. The molecule has 3 aromatic rings. The van der Waals surface area contributed by atoms with Crippen molar-refractivity contribution in [1.29, 1.82) is 0 Å². The van der Waals surface area contributed by atoms with E-state index in [9.17, 15) is 4.79 Å². The molecule has 2 aromatic heterocycles. The third-order valence-electron chi connectivity index (χ3n) is 2.51. The number of aromatic amines is 1. The Bertz CT molecular complexity index is 774. The van der Waals surface area contributed by atoms with Gasteiger partial charge in [0.25, 0.3) is 0 Å². The lowest BCUT2D eigenvalue weighted by Crippen LogP contribution is -1.96. The van der Waals surface area contributed by atoms with E-state index in [0.29, 0.717) is 17.6 Å². The van der Waals surface area contributed by atoms with Crippen LogP contribution in [0.5, 0.6) is 0 Å². The van der Waals surface area contributed by atoms with Crippen molar-refractivity contribution < 1.29 is 4.42 Å². The van der Waals surface area contributed by atoms with Crippen LogP contribution in [0, 0.1) is 0 Å². The zero-order valence-electron chi connectivity index (χ0n) is 9.07. The molecule has 0 aliphatic carbocycles. The highest BCUT2D eigenvalue weighted by molar-refractivity contribution is 9.11. The summed E-state index contributed by atoms with van der Waals surface area (Å²) in [6.45, 7) is 0.387. The molecule has 0 unspecified atom stereocenters. The molecule has 0 aliphatic rings. The monoisotopic (exact) mass is 325 g/mol. The summed E-state index contributed by atoms with van der Waals surface area (Å²) >= 11 is 4.93. The molecule has 5 nitrogen and oxygen atoms in total. The molecule has 0 amide bonds. The fourth-order valence-electron chi connectivity index (χ4n) is 1.66. The summed E-state index contributed by atoms with van der Waals surface area (Å²) in [6, 6.07) is 5.48. The number of fused-ring (bicyclic) bond motifs is 1. The van der Waals surface area contributed by atoms with E-state index in [-0.39, 0.29) is 0 Å². The van der Waals surface area contributed by atoms with E-state index in [0.717, 1.165) is 20.1 Å². The summed E-state index contributed by atoms with van der Waals surface area (Å²) in [5.41, 5.74) is 8.51. The molecule has 0 aliphatic heterocycles. The van der Waals surface area contributed by atoms with Crippen molar-refractivity contribution in [3.05, 3.63) is 38.2 Å². The van der Waals surface area contributed by atoms with Gasteiger partial charge < -0.3 is 10.2 Å². The number of nitrogens with two attached hydrogens (primary N) is 1. The maximum absolute atomic E-state index is 11.1. The second kappa shape index (κ2) is 4.34. The highest BCUT2D eigenvalue weighted by atomic mass is 79.9. The molecule has 0 bridgehead atoms. The molecular weight excluding hydrogens is 318 g/mol. The average molecular weight is 326 g/mol. The zero-order chi connectivity index (χ0) is 12.7. The number of rotatable bonds is 2. The summed E-state index contributed by atoms with van der Waals surface area (Å²) in [5, 5.41) is 0.841. The Morgan fingerprint density at radius 3 is 3.06 bits per heavy atom. The zero-order valence-corrected chi connectivity index (χ0v) is 11.5. The van der Waals surface area contributed by atoms with Crippen LogP contribution in [0.4, 0.5) is 0 Å². The second-order valence-electron chi connectivity index (χ2n) is 3.67. The number of halogens is 1. The number of oxazole rings is 1. The molecule has 0 fully saturated rings. The van der Waals surface area contributed by atoms with Crippen molar-refractivity contribution in [3.8, 4) is 10.6 Å². The average Bonchev–Trinajstić information content (AvgIpc) is 2.89. The molecule has 3 N–H and O–H groups in total. The van der Waals surface area contributed by atoms with Crippen LogP contribution in [0.3, 0.4) is 0 Å². The second-order valence-corrected chi connectivity index (χ2v) is 5.99. The van der Waals surface area contributed by atoms with E-state index < -0.39 is 5.76 Å². The van der Waals surface area contributed by atoms with Crippen molar-refractivity contribution in [2.75, 3.05) is 0 Å². The first kappa shape index (κ1) is 11.6. The van der Waals surface area contributed by atoms with Gasteiger partial charge in [-0.05, 0) is 34.1 Å². The largest absolute Gasteiger partial charge is 0.417 e. The standard InChI is InChI=1S/C11H8BrN3O2S/c12-9-7(4-13)14-10(18-9)5-1-2-6-8(3-5)17-11(16)15-6/h1-3H,4,13H2,(H,15,16). The third kappa shape index (κ3) is 1.90. The Labute approximate surface area is 114 Å². The summed E-state index contributed by atoms with van der Waals surface area (Å²) in [5.74, 6) is -0.454. The van der Waals surface area contributed by atoms with Crippen LogP contribution in [0.2, 0.25) is 0 Å². The lowest BCUT2D eigenvalue weighted by Gasteiger charge is -1.94. The van der Waals surface area contributed by atoms with Gasteiger partial charge in [-0.1, -0.05) is 0 Å². The Morgan fingerprint density at radius 2 is 2.33 bits per heavy atom. The minimum Gasteiger partial charge on any atom is -0.408 e. The molecule has 18 heavy (non-hydrogen) atoms. The Hall–Kier alpha value is -1.44. The van der Waals surface area contributed by atoms with Crippen LogP contribution in [-0.2, 0) is 6.54 Å². The molecule has 7 heteroatoms. The van der Waals surface area contributed by atoms with Crippen LogP contribution in [0.1, 0.15) is 5.69 Å². The van der Waals surface area contributed by atoms with Gasteiger partial charge in [-0.3, -0.25) is 4.98 Å². The smallest absolute Gasteiger partial charge is 0.408 e. The Morgan fingerprint density at radius 1 is 1.50 bits per heavy atom. The van der Waals surface area contributed by atoms with Gasteiger partial charge in [0, 0.05) is 12.1 Å². The molecule has 0 saturated heterocycles. The van der Waals surface area contributed by atoms with Gasteiger partial charge in [0.15, 0.2) is 5.58 Å². The number of hydrogen-bond donors (Lipinski definition) is 2. The number of nitrogens with one attached hydrogen (secondary N) is 1. The summed E-state index contributed by atoms with van der Waals surface area (Å²) in [4.78, 5) is 18.1. The summed E-state index contributed by atoms with van der Waals surface area (Å²) < 4.78 is 5.95. The highest BCUT2D eigenvalue weighted by Crippen LogP contribution is 2.32. The topological polar surface area (TPSA) is 84.9 Å². The van der Waals surface area contributed by atoms with E-state index >= 15 is 0 Å². The molecule has 0 atom stereocenters. The fourth-order valence-corrected chi connectivity index (χ4v) is 3.19. The van der Waals surface area contributed by atoms with Crippen LogP contribution >= 0.6 is 27.3 Å². The van der Waals surface area contributed by atoms with Gasteiger partial charge in [0.1, 0.15) is 5.01 Å². The minimum atomic E-state index is -0.454. The number of aromatic nitrogens is 2. The molecule has 92 valence electrons. The number of nitrogens with zero attached hydrogens (tertiary/aromatic N) is 1. The van der Waals surface area contributed by atoms with Gasteiger partial charge in [-0.2, -0.15) is 0 Å². The van der Waals surface area contributed by atoms with Gasteiger partial charge in [-0.15, -0.1) is 11.3 Å². The molecule has 2 heterocycles. The SMILES string of the molecule is NCc1nc(-c2ccc3[nH]c(=O)oc3c2)sc1Br. The van der Waals surface area contributed by atoms with Crippen molar-refractivity contribution >= 4 is 38.4 Å². The lowest BCUT2D eigenvalue weighted by atomic mass is 10.2. The van der Waals surface area contributed by atoms with Gasteiger partial charge in [-0.25, -0.2) is 9.78 Å². The summed E-state index contributed by atoms with van der Waals surface area (Å²) in [6.07, 6.45) is 0. The van der Waals surface area contributed by atoms with Crippen LogP contribution < -0.4 is 11.5 Å². The molecular formula is C11H8BrN3O2S. The fraction of sp³-hybridized carbons (Fsp3) is 0.0909. The van der Waals surface area contributed by atoms with Crippen LogP contribution in [0.25, 0.3) is 21.7 Å². The molecule has 0 radical (unpaired) electrons. The first-order chi connectivity index (χ1) is 8.67. The highest BCUT2D eigenvalue weighted by Gasteiger charge is 2.11. The van der Waals surface area contributed by atoms with Crippen molar-refractivity contribution in [2.24, 2.45) is 5.73 Å². The number of thiazole rings is 1. The van der Waals surface area contributed by atoms with Gasteiger partial charge >= 0.3 is 5.76 Å². The minimum absolute atomic E-state index is 0.387. The predicted molar refractivity (Wildman–Crippen MR) is 73.5 cm³/mol. The number of H-pyrrole nitrogens is 1. The molecule has 0 spiro atoms. The van der Waals surface area contributed by atoms with Crippen LogP contribution in [-0.4, -0.2) is 9.97 Å². The molecule has 1 aromatic carbocycles. The molecule has 3 rings (SSSR count). The van der Waals surface area contributed by atoms with Crippen LogP contribution in [0.15, 0.2) is 31.2 Å². The first-order valence-electron chi connectivity index (χ1n) is 5.16. The van der Waals surface area contributed by atoms with E-state index in [1.54, 1.807) is 12.1 Å². The van der Waals surface area contributed by atoms with Gasteiger partial charge in [0.2, 0.25) is 0 Å². The predicted octanol–water partition coefficient (Wildman–Crippen LogP) is 2.47. The normalized spacial score (nSPS) is 11.2. The Kier molecular flexibility index (Phi) is 2.81. The quantitative estimate of drug-likeness (QED) is 0.757. The van der Waals surface area contributed by atoms with E-state index in [1.165, 1.54) is 11.3 Å². The van der Waals surface area contributed by atoms with E-state index in [1.807, 2.05) is 6.07 Å². The first-order valence-corrected chi connectivity index (χ1v) is 6.77. The maximum atomic E-state index is 11.1. The Balaban J connectivity index is 2.15. The number of benzene rings is 1. The van der Waals surface area contributed by atoms with Gasteiger partial charge in [0.05, 0.1) is 15.0 Å². The van der Waals surface area contributed by atoms with Crippen molar-refractivity contribution in [2.45, 2.75) is 6.54 Å². The van der Waals surface area contributed by atoms with E-state index in [2.05, 4.69) is 25.9 Å². The third-order valence-corrected chi connectivity index (χ3v) is 4.39. The lowest BCUT2D eigenvalue weighted by molar-refractivity contribution is 0.555. The summed E-state index contributed by atoms with van der Waals surface area (Å²) in [7, 11) is 0. The van der Waals surface area contributed by atoms with E-state index in [4.69, 9.17) is 10.2 Å².